The largest absolute Gasteiger partial charge is 0.394 e. The molecule has 1 saturated carbocycles. The standard InChI is InChI=1S/C17H27NO/c1-13-5-4-8-17(10-13,12-19)18-11-16-7-6-14(2)15(3)9-16/h6-7,9,13,18-19H,4-5,8,10-12H2,1-3H3. The molecule has 0 radical (unpaired) electrons. The highest BCUT2D eigenvalue weighted by Gasteiger charge is 2.33. The van der Waals surface area contributed by atoms with E-state index in [0.29, 0.717) is 5.92 Å². The molecule has 0 aliphatic heterocycles. The Balaban J connectivity index is 2.01. The zero-order valence-corrected chi connectivity index (χ0v) is 12.5. The lowest BCUT2D eigenvalue weighted by atomic mass is 9.76. The van der Waals surface area contributed by atoms with Crippen LogP contribution in [0.5, 0.6) is 0 Å². The zero-order chi connectivity index (χ0) is 13.9. The molecule has 0 saturated heterocycles. The van der Waals surface area contributed by atoms with Crippen molar-refractivity contribution in [2.45, 2.75) is 58.5 Å². The summed E-state index contributed by atoms with van der Waals surface area (Å²) >= 11 is 0. The molecule has 106 valence electrons. The summed E-state index contributed by atoms with van der Waals surface area (Å²) in [6.07, 6.45) is 4.71. The molecular formula is C17H27NO. The van der Waals surface area contributed by atoms with Crippen molar-refractivity contribution < 1.29 is 5.11 Å². The van der Waals surface area contributed by atoms with E-state index in [-0.39, 0.29) is 12.1 Å². The topological polar surface area (TPSA) is 32.3 Å². The lowest BCUT2D eigenvalue weighted by molar-refractivity contribution is 0.0982. The molecule has 19 heavy (non-hydrogen) atoms. The quantitative estimate of drug-likeness (QED) is 0.871. The molecule has 1 aromatic carbocycles. The van der Waals surface area contributed by atoms with Crippen LogP contribution in [0.3, 0.4) is 0 Å². The van der Waals surface area contributed by atoms with Crippen LogP contribution < -0.4 is 5.32 Å². The second kappa shape index (κ2) is 6.06. The van der Waals surface area contributed by atoms with E-state index >= 15 is 0 Å². The Bertz CT molecular complexity index is 429. The van der Waals surface area contributed by atoms with Gasteiger partial charge in [-0.15, -0.1) is 0 Å². The van der Waals surface area contributed by atoms with Crippen LogP contribution >= 0.6 is 0 Å². The van der Waals surface area contributed by atoms with Crippen LogP contribution in [-0.2, 0) is 6.54 Å². The molecule has 1 aliphatic rings. The third-order valence-corrected chi connectivity index (χ3v) is 4.63. The molecule has 0 heterocycles. The summed E-state index contributed by atoms with van der Waals surface area (Å²) in [5, 5.41) is 13.4. The van der Waals surface area contributed by atoms with Crippen molar-refractivity contribution in [3.8, 4) is 0 Å². The van der Waals surface area contributed by atoms with Gasteiger partial charge in [-0.25, -0.2) is 0 Å². The Labute approximate surface area is 117 Å². The van der Waals surface area contributed by atoms with Crippen molar-refractivity contribution in [1.82, 2.24) is 5.32 Å². The molecule has 2 unspecified atom stereocenters. The number of aliphatic hydroxyl groups is 1. The van der Waals surface area contributed by atoms with Gasteiger partial charge in [0.15, 0.2) is 0 Å². The van der Waals surface area contributed by atoms with E-state index in [2.05, 4.69) is 44.3 Å². The molecule has 2 atom stereocenters. The van der Waals surface area contributed by atoms with Crippen molar-refractivity contribution in [2.75, 3.05) is 6.61 Å². The third kappa shape index (κ3) is 3.58. The third-order valence-electron chi connectivity index (χ3n) is 4.63. The van der Waals surface area contributed by atoms with Gasteiger partial charge < -0.3 is 10.4 Å². The van der Waals surface area contributed by atoms with Gasteiger partial charge in [-0.3, -0.25) is 0 Å². The minimum atomic E-state index is -0.0591. The average Bonchev–Trinajstić information content (AvgIpc) is 2.40. The first-order valence-corrected chi connectivity index (χ1v) is 7.47. The Morgan fingerprint density at radius 3 is 2.74 bits per heavy atom. The molecule has 1 aromatic rings. The van der Waals surface area contributed by atoms with Gasteiger partial charge in [0.05, 0.1) is 6.61 Å². The lowest BCUT2D eigenvalue weighted by Gasteiger charge is -2.39. The monoisotopic (exact) mass is 261 g/mol. The minimum Gasteiger partial charge on any atom is -0.394 e. The first-order valence-electron chi connectivity index (χ1n) is 7.47. The van der Waals surface area contributed by atoms with E-state index < -0.39 is 0 Å². The van der Waals surface area contributed by atoms with Gasteiger partial charge in [0.25, 0.3) is 0 Å². The van der Waals surface area contributed by atoms with Crippen molar-refractivity contribution in [2.24, 2.45) is 5.92 Å². The van der Waals surface area contributed by atoms with Crippen molar-refractivity contribution in [1.29, 1.82) is 0 Å². The first-order chi connectivity index (χ1) is 9.04. The maximum atomic E-state index is 9.77. The minimum absolute atomic E-state index is 0.0591. The molecule has 2 heteroatoms. The van der Waals surface area contributed by atoms with Gasteiger partial charge in [0, 0.05) is 12.1 Å². The Kier molecular flexibility index (Phi) is 4.64. The van der Waals surface area contributed by atoms with E-state index in [1.807, 2.05) is 0 Å². The van der Waals surface area contributed by atoms with Crippen LogP contribution in [0.2, 0.25) is 0 Å². The highest BCUT2D eigenvalue weighted by Crippen LogP contribution is 2.32. The Morgan fingerprint density at radius 1 is 1.32 bits per heavy atom. The van der Waals surface area contributed by atoms with Crippen LogP contribution in [-0.4, -0.2) is 17.3 Å². The molecular weight excluding hydrogens is 234 g/mol. The smallest absolute Gasteiger partial charge is 0.0613 e. The number of hydrogen-bond donors (Lipinski definition) is 2. The average molecular weight is 261 g/mol. The highest BCUT2D eigenvalue weighted by molar-refractivity contribution is 5.29. The normalized spacial score (nSPS) is 27.5. The Hall–Kier alpha value is -0.860. The van der Waals surface area contributed by atoms with E-state index in [1.54, 1.807) is 0 Å². The Morgan fingerprint density at radius 2 is 2.11 bits per heavy atom. The second-order valence-corrected chi connectivity index (χ2v) is 6.41. The predicted octanol–water partition coefficient (Wildman–Crippen LogP) is 3.33. The van der Waals surface area contributed by atoms with Gasteiger partial charge in [0.2, 0.25) is 0 Å². The molecule has 1 fully saturated rings. The number of benzene rings is 1. The molecule has 1 aliphatic carbocycles. The fourth-order valence-corrected chi connectivity index (χ4v) is 3.22. The highest BCUT2D eigenvalue weighted by atomic mass is 16.3. The van der Waals surface area contributed by atoms with Gasteiger partial charge in [-0.2, -0.15) is 0 Å². The zero-order valence-electron chi connectivity index (χ0n) is 12.5. The molecule has 0 amide bonds. The fourth-order valence-electron chi connectivity index (χ4n) is 3.22. The summed E-state index contributed by atoms with van der Waals surface area (Å²) in [6, 6.07) is 6.62. The fraction of sp³-hybridized carbons (Fsp3) is 0.647. The predicted molar refractivity (Wildman–Crippen MR) is 80.2 cm³/mol. The lowest BCUT2D eigenvalue weighted by Crippen LogP contribution is -2.51. The summed E-state index contributed by atoms with van der Waals surface area (Å²) in [4.78, 5) is 0. The molecule has 0 aromatic heterocycles. The van der Waals surface area contributed by atoms with Gasteiger partial charge >= 0.3 is 0 Å². The van der Waals surface area contributed by atoms with Crippen LogP contribution in [0.25, 0.3) is 0 Å². The van der Waals surface area contributed by atoms with E-state index in [1.165, 1.54) is 29.5 Å². The first kappa shape index (κ1) is 14.5. The SMILES string of the molecule is Cc1ccc(CNC2(CO)CCCC(C)C2)cc1C. The van der Waals surface area contributed by atoms with Crippen LogP contribution in [0, 0.1) is 19.8 Å². The van der Waals surface area contributed by atoms with E-state index in [0.717, 1.165) is 19.4 Å². The van der Waals surface area contributed by atoms with Gasteiger partial charge in [-0.05, 0) is 49.3 Å². The summed E-state index contributed by atoms with van der Waals surface area (Å²) in [6.45, 7) is 7.70. The molecule has 0 spiro atoms. The van der Waals surface area contributed by atoms with Gasteiger partial charge in [0.1, 0.15) is 0 Å². The molecule has 2 rings (SSSR count). The van der Waals surface area contributed by atoms with Crippen molar-refractivity contribution in [3.63, 3.8) is 0 Å². The number of hydrogen-bond acceptors (Lipinski definition) is 2. The van der Waals surface area contributed by atoms with E-state index in [4.69, 9.17) is 0 Å². The summed E-state index contributed by atoms with van der Waals surface area (Å²) < 4.78 is 0. The van der Waals surface area contributed by atoms with Crippen LogP contribution in [0.1, 0.15) is 49.3 Å². The summed E-state index contributed by atoms with van der Waals surface area (Å²) in [5.74, 6) is 0.716. The van der Waals surface area contributed by atoms with Gasteiger partial charge in [-0.1, -0.05) is 38.0 Å². The number of rotatable bonds is 4. The summed E-state index contributed by atoms with van der Waals surface area (Å²) in [7, 11) is 0. The number of aliphatic hydroxyl groups excluding tert-OH is 1. The number of nitrogens with one attached hydrogen (secondary N) is 1. The van der Waals surface area contributed by atoms with Crippen LogP contribution in [0.15, 0.2) is 18.2 Å². The molecule has 0 bridgehead atoms. The van der Waals surface area contributed by atoms with Crippen molar-refractivity contribution in [3.05, 3.63) is 34.9 Å². The maximum Gasteiger partial charge on any atom is 0.0613 e. The van der Waals surface area contributed by atoms with Crippen LogP contribution in [0.4, 0.5) is 0 Å². The van der Waals surface area contributed by atoms with E-state index in [9.17, 15) is 5.11 Å². The maximum absolute atomic E-state index is 9.77. The molecule has 2 nitrogen and oxygen atoms in total. The second-order valence-electron chi connectivity index (χ2n) is 6.41. The summed E-state index contributed by atoms with van der Waals surface area (Å²) in [5.41, 5.74) is 3.94. The van der Waals surface area contributed by atoms with Crippen molar-refractivity contribution >= 4 is 0 Å². The molecule has 2 N–H and O–H groups in total. The number of aryl methyl sites for hydroxylation is 2.